The molecule has 0 amide bonds. The van der Waals surface area contributed by atoms with Crippen LogP contribution < -0.4 is 16.4 Å². The predicted octanol–water partition coefficient (Wildman–Crippen LogP) is 11.4. The number of halogens is 8. The molecule has 0 fully saturated rings. The van der Waals surface area contributed by atoms with Crippen LogP contribution in [0.15, 0.2) is 85.2 Å². The molecule has 0 spiro atoms. The van der Waals surface area contributed by atoms with E-state index in [0.717, 1.165) is 34.5 Å². The highest BCUT2D eigenvalue weighted by molar-refractivity contribution is 6.31. The maximum Gasteiger partial charge on any atom is 0.417 e. The maximum absolute atomic E-state index is 13.0. The summed E-state index contributed by atoms with van der Waals surface area (Å²) in [5, 5.41) is 18.5. The van der Waals surface area contributed by atoms with Gasteiger partial charge in [0, 0.05) is 51.2 Å². The summed E-state index contributed by atoms with van der Waals surface area (Å²) < 4.78 is 77.9. The van der Waals surface area contributed by atoms with Crippen LogP contribution in [0.5, 0.6) is 0 Å². The lowest BCUT2D eigenvalue weighted by atomic mass is 10.1. The Kier molecular flexibility index (Phi) is 9.98. The molecular formula is C34H24Cl2F6N6O2. The van der Waals surface area contributed by atoms with Crippen molar-refractivity contribution in [3.63, 3.8) is 0 Å². The zero-order valence-electron chi connectivity index (χ0n) is 25.8. The summed E-state index contributed by atoms with van der Waals surface area (Å²) in [7, 11) is 0. The van der Waals surface area contributed by atoms with Crippen LogP contribution >= 0.6 is 23.2 Å². The lowest BCUT2D eigenvalue weighted by Crippen LogP contribution is -2.07. The molecule has 0 saturated heterocycles. The first kappa shape index (κ1) is 36.0. The van der Waals surface area contributed by atoms with Crippen LogP contribution in [0.25, 0.3) is 21.5 Å². The summed E-state index contributed by atoms with van der Waals surface area (Å²) in [6.07, 6.45) is -6.21. The Morgan fingerprint density at radius 1 is 0.660 bits per heavy atom. The predicted molar refractivity (Wildman–Crippen MR) is 184 cm³/mol. The highest BCUT2D eigenvalue weighted by Crippen LogP contribution is 2.39. The summed E-state index contributed by atoms with van der Waals surface area (Å²) in [5.74, 6) is 0.635. The average molecular weight is 734 g/mol. The van der Waals surface area contributed by atoms with Crippen molar-refractivity contribution in [1.82, 2.24) is 9.97 Å². The molecule has 4 aromatic carbocycles. The van der Waals surface area contributed by atoms with Gasteiger partial charge < -0.3 is 16.4 Å². The smallest absolute Gasteiger partial charge is 0.398 e. The highest BCUT2D eigenvalue weighted by atomic mass is 35.5. The van der Waals surface area contributed by atoms with Crippen molar-refractivity contribution in [3.05, 3.63) is 128 Å². The Morgan fingerprint density at radius 2 is 1.10 bits per heavy atom. The normalized spacial score (nSPS) is 11.6. The number of nitrogens with zero attached hydrogens (tertiary/aromatic N) is 3. The van der Waals surface area contributed by atoms with Crippen LogP contribution in [-0.4, -0.2) is 14.9 Å². The van der Waals surface area contributed by atoms with Gasteiger partial charge in [-0.3, -0.25) is 10.1 Å². The second kappa shape index (κ2) is 13.9. The molecule has 6 aromatic rings. The number of nitro benzene ring substituents is 1. The molecule has 0 aliphatic carbocycles. The number of aryl methyl sites for hydroxylation is 2. The number of nitrogen functional groups attached to an aromatic ring is 1. The summed E-state index contributed by atoms with van der Waals surface area (Å²) in [4.78, 5) is 19.1. The fourth-order valence-electron chi connectivity index (χ4n) is 5.09. The first-order valence-electron chi connectivity index (χ1n) is 14.4. The molecule has 4 N–H and O–H groups in total. The zero-order valence-corrected chi connectivity index (χ0v) is 27.4. The standard InChI is InChI=1S/C17H11ClF3N3O2.C17H13ClF3N3/c1-9-2-4-12-11(15(9)24(25)26)6-7-22-16(12)23-10-3-5-14(18)13(8-10)17(19,20)21;1-9-2-4-12-11(15(9)22)6-7-23-16(12)24-10-3-5-14(18)13(8-10)17(19,20)21/h2-8H,1H3,(H,22,23);2-8H,22H2,1H3,(H,23,24). The first-order valence-corrected chi connectivity index (χ1v) is 15.2. The van der Waals surface area contributed by atoms with Crippen LogP contribution in [0.3, 0.4) is 0 Å². The van der Waals surface area contributed by atoms with E-state index < -0.39 is 33.4 Å². The number of anilines is 5. The third kappa shape index (κ3) is 7.61. The number of rotatable bonds is 5. The van der Waals surface area contributed by atoms with Gasteiger partial charge in [-0.15, -0.1) is 0 Å². The van der Waals surface area contributed by atoms with Gasteiger partial charge in [0.25, 0.3) is 5.69 Å². The van der Waals surface area contributed by atoms with E-state index in [1.165, 1.54) is 30.5 Å². The van der Waals surface area contributed by atoms with Crippen LogP contribution in [0.2, 0.25) is 10.0 Å². The van der Waals surface area contributed by atoms with Crippen molar-refractivity contribution in [1.29, 1.82) is 0 Å². The van der Waals surface area contributed by atoms with Gasteiger partial charge >= 0.3 is 12.4 Å². The van der Waals surface area contributed by atoms with Gasteiger partial charge in [-0.25, -0.2) is 9.97 Å². The number of nitro groups is 1. The molecule has 0 saturated carbocycles. The molecule has 50 heavy (non-hydrogen) atoms. The summed E-state index contributed by atoms with van der Waals surface area (Å²) in [6.45, 7) is 3.50. The number of alkyl halides is 6. The molecule has 0 radical (unpaired) electrons. The topological polar surface area (TPSA) is 119 Å². The van der Waals surface area contributed by atoms with Crippen molar-refractivity contribution in [2.45, 2.75) is 26.2 Å². The van der Waals surface area contributed by atoms with Crippen LogP contribution in [0, 0.1) is 24.0 Å². The Labute approximate surface area is 290 Å². The van der Waals surface area contributed by atoms with Gasteiger partial charge in [0.1, 0.15) is 11.6 Å². The Hall–Kier alpha value is -5.34. The lowest BCUT2D eigenvalue weighted by Gasteiger charge is -2.14. The second-order valence-corrected chi connectivity index (χ2v) is 11.7. The molecule has 0 aliphatic heterocycles. The molecule has 0 bridgehead atoms. The number of fused-ring (bicyclic) bond motifs is 2. The van der Waals surface area contributed by atoms with E-state index in [-0.39, 0.29) is 27.9 Å². The minimum Gasteiger partial charge on any atom is -0.398 e. The van der Waals surface area contributed by atoms with Gasteiger partial charge in [0.05, 0.1) is 31.5 Å². The van der Waals surface area contributed by atoms with Crippen LogP contribution in [-0.2, 0) is 12.4 Å². The molecule has 0 atom stereocenters. The van der Waals surface area contributed by atoms with Gasteiger partial charge in [-0.1, -0.05) is 41.4 Å². The number of aromatic nitrogens is 2. The number of benzene rings is 4. The van der Waals surface area contributed by atoms with Crippen molar-refractivity contribution in [2.24, 2.45) is 0 Å². The zero-order chi connectivity index (χ0) is 36.5. The molecule has 16 heteroatoms. The molecule has 6 rings (SSSR count). The summed E-state index contributed by atoms with van der Waals surface area (Å²) in [6, 6.07) is 17.1. The summed E-state index contributed by atoms with van der Waals surface area (Å²) in [5.41, 5.74) is 6.48. The van der Waals surface area contributed by atoms with Crippen molar-refractivity contribution < 1.29 is 31.3 Å². The van der Waals surface area contributed by atoms with Crippen molar-refractivity contribution >= 4 is 79.1 Å². The van der Waals surface area contributed by atoms with Crippen LogP contribution in [0.4, 0.5) is 60.7 Å². The third-order valence-corrected chi connectivity index (χ3v) is 8.23. The number of nitrogens with one attached hydrogen (secondary N) is 2. The Morgan fingerprint density at radius 3 is 1.56 bits per heavy atom. The van der Waals surface area contributed by atoms with Crippen LogP contribution in [0.1, 0.15) is 22.3 Å². The second-order valence-electron chi connectivity index (χ2n) is 10.9. The van der Waals surface area contributed by atoms with Gasteiger partial charge in [0.2, 0.25) is 0 Å². The van der Waals surface area contributed by atoms with E-state index in [9.17, 15) is 36.5 Å². The number of pyridine rings is 2. The van der Waals surface area contributed by atoms with Crippen molar-refractivity contribution in [2.75, 3.05) is 16.4 Å². The number of hydrogen-bond donors (Lipinski definition) is 3. The SMILES string of the molecule is Cc1ccc2c(Nc3ccc(Cl)c(C(F)(F)F)c3)nccc2c1N.Cc1ccc2c(Nc3ccc(Cl)c(C(F)(F)F)c3)nccc2c1[N+](=O)[O-]. The Balaban J connectivity index is 0.000000195. The molecule has 258 valence electrons. The third-order valence-electron chi connectivity index (χ3n) is 7.58. The summed E-state index contributed by atoms with van der Waals surface area (Å²) >= 11 is 11.3. The fraction of sp³-hybridized carbons (Fsp3) is 0.118. The molecule has 8 nitrogen and oxygen atoms in total. The van der Waals surface area contributed by atoms with Crippen molar-refractivity contribution in [3.8, 4) is 0 Å². The van der Waals surface area contributed by atoms with Gasteiger partial charge in [-0.05, 0) is 74.0 Å². The monoisotopic (exact) mass is 732 g/mol. The molecule has 0 aliphatic rings. The quantitative estimate of drug-likeness (QED) is 0.0698. The number of hydrogen-bond acceptors (Lipinski definition) is 7. The van der Waals surface area contributed by atoms with E-state index >= 15 is 0 Å². The van der Waals surface area contributed by atoms with E-state index in [1.807, 2.05) is 19.1 Å². The lowest BCUT2D eigenvalue weighted by molar-refractivity contribution is -0.383. The molecule has 2 heterocycles. The number of nitrogens with two attached hydrogens (primary N) is 1. The molecular weight excluding hydrogens is 709 g/mol. The minimum atomic E-state index is -4.60. The minimum absolute atomic E-state index is 0.0694. The van der Waals surface area contributed by atoms with E-state index in [2.05, 4.69) is 20.6 Å². The van der Waals surface area contributed by atoms with E-state index in [0.29, 0.717) is 27.8 Å². The van der Waals surface area contributed by atoms with E-state index in [4.69, 9.17) is 28.9 Å². The first-order chi connectivity index (χ1) is 23.5. The molecule has 0 unspecified atom stereocenters. The molecule has 2 aromatic heterocycles. The highest BCUT2D eigenvalue weighted by Gasteiger charge is 2.34. The van der Waals surface area contributed by atoms with Gasteiger partial charge in [-0.2, -0.15) is 26.3 Å². The van der Waals surface area contributed by atoms with Gasteiger partial charge in [0.15, 0.2) is 0 Å². The largest absolute Gasteiger partial charge is 0.417 e. The van der Waals surface area contributed by atoms with E-state index in [1.54, 1.807) is 31.3 Å². The fourth-order valence-corrected chi connectivity index (χ4v) is 5.54. The Bertz CT molecular complexity index is 2260. The average Bonchev–Trinajstić information content (AvgIpc) is 3.04. The maximum atomic E-state index is 13.0.